The molecule has 0 aliphatic heterocycles. The zero-order valence-corrected chi connectivity index (χ0v) is 15.6. The summed E-state index contributed by atoms with van der Waals surface area (Å²) in [7, 11) is 0. The van der Waals surface area contributed by atoms with Crippen LogP contribution in [-0.2, 0) is 6.42 Å². The van der Waals surface area contributed by atoms with E-state index >= 15 is 0 Å². The molecule has 0 radical (unpaired) electrons. The molecule has 4 rings (SSSR count). The highest BCUT2D eigenvalue weighted by Gasteiger charge is 2.32. The first kappa shape index (κ1) is 16.6. The highest BCUT2D eigenvalue weighted by Crippen LogP contribution is 2.35. The number of rotatable bonds is 2. The van der Waals surface area contributed by atoms with Crippen LogP contribution in [0.2, 0.25) is 0 Å². The molecule has 0 bridgehead atoms. The van der Waals surface area contributed by atoms with Crippen molar-refractivity contribution in [3.8, 4) is 5.95 Å². The summed E-state index contributed by atoms with van der Waals surface area (Å²) in [6.07, 6.45) is 1.29. The topological polar surface area (TPSA) is 60.7 Å². The Kier molecular flexibility index (Phi) is 3.94. The number of aromatic nitrogens is 4. The molecule has 0 fully saturated rings. The fourth-order valence-corrected chi connectivity index (χ4v) is 3.80. The zero-order chi connectivity index (χ0) is 18.4. The third-order valence-electron chi connectivity index (χ3n) is 5.02. The predicted octanol–water partition coefficient (Wildman–Crippen LogP) is 3.81. The maximum absolute atomic E-state index is 12.8. The second-order valence-electron chi connectivity index (χ2n) is 7.21. The lowest BCUT2D eigenvalue weighted by molar-refractivity contribution is 0.0963. The molecule has 1 aromatic carbocycles. The van der Waals surface area contributed by atoms with Crippen molar-refractivity contribution in [2.45, 2.75) is 46.5 Å². The second-order valence-corrected chi connectivity index (χ2v) is 7.21. The van der Waals surface area contributed by atoms with Gasteiger partial charge in [-0.2, -0.15) is 5.10 Å². The van der Waals surface area contributed by atoms with Gasteiger partial charge in [0, 0.05) is 17.8 Å². The molecular formula is C21H22N4O. The van der Waals surface area contributed by atoms with Gasteiger partial charge < -0.3 is 0 Å². The van der Waals surface area contributed by atoms with Gasteiger partial charge >= 0.3 is 0 Å². The number of ketones is 1. The van der Waals surface area contributed by atoms with Gasteiger partial charge in [-0.25, -0.2) is 14.6 Å². The normalized spacial score (nSPS) is 16.6. The largest absolute Gasteiger partial charge is 0.294 e. The van der Waals surface area contributed by atoms with Gasteiger partial charge in [0.1, 0.15) is 0 Å². The Morgan fingerprint density at radius 3 is 2.27 bits per heavy atom. The Bertz CT molecular complexity index is 981. The minimum atomic E-state index is 0.157. The van der Waals surface area contributed by atoms with Gasteiger partial charge in [0.2, 0.25) is 0 Å². The molecule has 5 nitrogen and oxygen atoms in total. The van der Waals surface area contributed by atoms with Crippen LogP contribution in [-0.4, -0.2) is 25.5 Å². The number of benzene rings is 1. The fraction of sp³-hybridized carbons (Fsp3) is 0.333. The van der Waals surface area contributed by atoms with Crippen LogP contribution in [0.15, 0.2) is 30.3 Å². The molecule has 0 amide bonds. The van der Waals surface area contributed by atoms with Crippen LogP contribution in [0.5, 0.6) is 0 Å². The monoisotopic (exact) mass is 346 g/mol. The Morgan fingerprint density at radius 1 is 0.962 bits per heavy atom. The lowest BCUT2D eigenvalue weighted by Crippen LogP contribution is -2.21. The summed E-state index contributed by atoms with van der Waals surface area (Å²) in [5.74, 6) is 0.866. The molecule has 5 heteroatoms. The standard InChI is InChI=1S/C21H22N4O/c1-12-5-7-16(8-6-12)17-10-18-20(19(26)11-17)15(4)24-25(18)21-22-13(2)9-14(3)23-21/h5-9,17H,10-11H2,1-4H3/t17-/m1/s1. The van der Waals surface area contributed by atoms with Gasteiger partial charge in [-0.05, 0) is 51.7 Å². The van der Waals surface area contributed by atoms with Crippen molar-refractivity contribution < 1.29 is 4.79 Å². The Morgan fingerprint density at radius 2 is 1.62 bits per heavy atom. The average Bonchev–Trinajstić information content (AvgIpc) is 2.92. The van der Waals surface area contributed by atoms with E-state index in [-0.39, 0.29) is 11.7 Å². The molecule has 132 valence electrons. The fourth-order valence-electron chi connectivity index (χ4n) is 3.80. The SMILES string of the molecule is Cc1ccc([C@H]2CC(=O)c3c(C)nn(-c4nc(C)cc(C)n4)c3C2)cc1. The minimum absolute atomic E-state index is 0.157. The van der Waals surface area contributed by atoms with Crippen LogP contribution in [0.3, 0.4) is 0 Å². The molecule has 0 N–H and O–H groups in total. The first-order valence-corrected chi connectivity index (χ1v) is 8.93. The molecule has 0 spiro atoms. The highest BCUT2D eigenvalue weighted by molar-refractivity contribution is 6.00. The van der Waals surface area contributed by atoms with Crippen LogP contribution in [0.25, 0.3) is 5.95 Å². The molecule has 1 aliphatic rings. The van der Waals surface area contributed by atoms with E-state index in [9.17, 15) is 4.79 Å². The Hall–Kier alpha value is -2.82. The molecule has 3 aromatic rings. The minimum Gasteiger partial charge on any atom is -0.294 e. The van der Waals surface area contributed by atoms with E-state index in [4.69, 9.17) is 0 Å². The molecule has 2 aromatic heterocycles. The van der Waals surface area contributed by atoms with E-state index < -0.39 is 0 Å². The summed E-state index contributed by atoms with van der Waals surface area (Å²) >= 11 is 0. The number of carbonyl (C=O) groups is 1. The lowest BCUT2D eigenvalue weighted by Gasteiger charge is -2.23. The van der Waals surface area contributed by atoms with Gasteiger partial charge in [0.15, 0.2) is 5.78 Å². The van der Waals surface area contributed by atoms with Crippen molar-refractivity contribution in [2.24, 2.45) is 0 Å². The third-order valence-corrected chi connectivity index (χ3v) is 5.02. The second kappa shape index (κ2) is 6.16. The van der Waals surface area contributed by atoms with Crippen LogP contribution in [0, 0.1) is 27.7 Å². The highest BCUT2D eigenvalue weighted by atomic mass is 16.1. The molecule has 0 unspecified atom stereocenters. The Balaban J connectivity index is 1.81. The van der Waals surface area contributed by atoms with Gasteiger partial charge in [-0.15, -0.1) is 0 Å². The number of fused-ring (bicyclic) bond motifs is 1. The summed E-state index contributed by atoms with van der Waals surface area (Å²) in [5.41, 5.74) is 6.64. The molecule has 2 heterocycles. The van der Waals surface area contributed by atoms with Crippen LogP contribution in [0.4, 0.5) is 0 Å². The van der Waals surface area contributed by atoms with Crippen molar-refractivity contribution in [2.75, 3.05) is 0 Å². The average molecular weight is 346 g/mol. The number of hydrogen-bond acceptors (Lipinski definition) is 4. The van der Waals surface area contributed by atoms with E-state index in [2.05, 4.69) is 46.3 Å². The summed E-state index contributed by atoms with van der Waals surface area (Å²) in [5, 5.41) is 4.61. The van der Waals surface area contributed by atoms with Gasteiger partial charge in [0.25, 0.3) is 5.95 Å². The first-order chi connectivity index (χ1) is 12.4. The molecular weight excluding hydrogens is 324 g/mol. The molecule has 26 heavy (non-hydrogen) atoms. The van der Waals surface area contributed by atoms with Gasteiger partial charge in [0.05, 0.1) is 17.0 Å². The summed E-state index contributed by atoms with van der Waals surface area (Å²) in [6.45, 7) is 7.86. The zero-order valence-electron chi connectivity index (χ0n) is 15.6. The summed E-state index contributed by atoms with van der Waals surface area (Å²) in [6, 6.07) is 10.4. The van der Waals surface area contributed by atoms with Crippen LogP contribution < -0.4 is 0 Å². The molecule has 1 atom stereocenters. The van der Waals surface area contributed by atoms with Crippen LogP contribution >= 0.6 is 0 Å². The van der Waals surface area contributed by atoms with E-state index in [0.717, 1.165) is 34.8 Å². The van der Waals surface area contributed by atoms with E-state index in [1.54, 1.807) is 4.68 Å². The van der Waals surface area contributed by atoms with Crippen molar-refractivity contribution in [1.29, 1.82) is 0 Å². The third kappa shape index (κ3) is 2.83. The maximum Gasteiger partial charge on any atom is 0.251 e. The van der Waals surface area contributed by atoms with E-state index in [1.165, 1.54) is 11.1 Å². The van der Waals surface area contributed by atoms with E-state index in [0.29, 0.717) is 12.4 Å². The maximum atomic E-state index is 12.8. The Labute approximate surface area is 153 Å². The van der Waals surface area contributed by atoms with Gasteiger partial charge in [-0.3, -0.25) is 4.79 Å². The molecule has 0 saturated carbocycles. The predicted molar refractivity (Wildman–Crippen MR) is 99.9 cm³/mol. The quantitative estimate of drug-likeness (QED) is 0.708. The number of nitrogens with zero attached hydrogens (tertiary/aromatic N) is 4. The van der Waals surface area contributed by atoms with Gasteiger partial charge in [-0.1, -0.05) is 29.8 Å². The number of hydrogen-bond donors (Lipinski definition) is 0. The first-order valence-electron chi connectivity index (χ1n) is 8.93. The smallest absolute Gasteiger partial charge is 0.251 e. The van der Waals surface area contributed by atoms with Crippen molar-refractivity contribution >= 4 is 5.78 Å². The number of Topliss-reactive ketones (excluding diaryl/α,β-unsaturated/α-hetero) is 1. The number of aryl methyl sites for hydroxylation is 4. The van der Waals surface area contributed by atoms with Crippen molar-refractivity contribution in [3.05, 3.63) is 69.8 Å². The molecule has 1 aliphatic carbocycles. The summed E-state index contributed by atoms with van der Waals surface area (Å²) in [4.78, 5) is 21.9. The van der Waals surface area contributed by atoms with Crippen LogP contribution in [0.1, 0.15) is 56.6 Å². The van der Waals surface area contributed by atoms with Crippen molar-refractivity contribution in [3.63, 3.8) is 0 Å². The summed E-state index contributed by atoms with van der Waals surface area (Å²) < 4.78 is 1.77. The number of carbonyl (C=O) groups excluding carboxylic acids is 1. The molecule has 0 saturated heterocycles. The van der Waals surface area contributed by atoms with Crippen molar-refractivity contribution in [1.82, 2.24) is 19.7 Å². The lowest BCUT2D eigenvalue weighted by atomic mass is 9.81. The van der Waals surface area contributed by atoms with E-state index in [1.807, 2.05) is 26.8 Å².